The minimum absolute atomic E-state index is 0.0304. The third-order valence-corrected chi connectivity index (χ3v) is 8.49. The van der Waals surface area contributed by atoms with Crippen molar-refractivity contribution in [1.29, 1.82) is 0 Å². The summed E-state index contributed by atoms with van der Waals surface area (Å²) in [5, 5.41) is 2.46. The number of fused-ring (bicyclic) bond motifs is 1. The first-order valence-corrected chi connectivity index (χ1v) is 13.6. The summed E-state index contributed by atoms with van der Waals surface area (Å²) in [4.78, 5) is 18.4. The summed E-state index contributed by atoms with van der Waals surface area (Å²) in [7, 11) is -1.60. The van der Waals surface area contributed by atoms with Crippen molar-refractivity contribution in [1.82, 2.24) is 14.7 Å². The number of benzene rings is 1. The van der Waals surface area contributed by atoms with E-state index in [0.717, 1.165) is 31.9 Å². The predicted molar refractivity (Wildman–Crippen MR) is 136 cm³/mol. The average Bonchev–Trinajstić information content (AvgIpc) is 3.29. The number of pyridine rings is 1. The van der Waals surface area contributed by atoms with Gasteiger partial charge in [0.25, 0.3) is 5.91 Å². The van der Waals surface area contributed by atoms with Crippen LogP contribution in [0.5, 0.6) is 0 Å². The summed E-state index contributed by atoms with van der Waals surface area (Å²) in [6.07, 6.45) is -0.530. The molecular formula is C25H30F3N5O3S. The number of alkyl halides is 3. The lowest BCUT2D eigenvalue weighted by atomic mass is 9.90. The third-order valence-electron chi connectivity index (χ3n) is 6.73. The van der Waals surface area contributed by atoms with Crippen molar-refractivity contribution >= 4 is 33.1 Å². The van der Waals surface area contributed by atoms with Gasteiger partial charge in [-0.2, -0.15) is 13.2 Å². The molecule has 12 heteroatoms. The van der Waals surface area contributed by atoms with E-state index < -0.39 is 27.1 Å². The highest BCUT2D eigenvalue weighted by atomic mass is 32.2. The monoisotopic (exact) mass is 537 g/mol. The van der Waals surface area contributed by atoms with Crippen LogP contribution in [0, 0.1) is 0 Å². The molecule has 4 rings (SSSR count). The molecule has 1 amide bonds. The summed E-state index contributed by atoms with van der Waals surface area (Å²) < 4.78 is 67.4. The molecule has 0 spiro atoms. The van der Waals surface area contributed by atoms with Gasteiger partial charge < -0.3 is 10.2 Å². The highest BCUT2D eigenvalue weighted by Crippen LogP contribution is 2.32. The fraction of sp³-hybridized carbons (Fsp3) is 0.440. The van der Waals surface area contributed by atoms with Gasteiger partial charge in [-0.25, -0.2) is 13.4 Å². The van der Waals surface area contributed by atoms with Gasteiger partial charge in [-0.05, 0) is 75.9 Å². The Morgan fingerprint density at radius 1 is 1.08 bits per heavy atom. The summed E-state index contributed by atoms with van der Waals surface area (Å²) in [5.74, 6) is 0.388. The van der Waals surface area contributed by atoms with E-state index in [2.05, 4.69) is 15.0 Å². The standard InChI is InChI=1S/C25H30F3N5O3S/c1-16(2)37(35,36)31-19-9-7-17(8-10-19)24(34)29-18-11-13-20(14-12-18)32(3)23-6-4-5-22-30-21(15-33(22)23)25(26,27)28/h4-10,15-16,18,20,31H,11-14H2,1-3H3,(H,29,34)/t18-,20+. The number of imidazole rings is 1. The lowest BCUT2D eigenvalue weighted by Crippen LogP contribution is -2.43. The zero-order valence-corrected chi connectivity index (χ0v) is 21.6. The van der Waals surface area contributed by atoms with Crippen molar-refractivity contribution in [3.8, 4) is 0 Å². The summed E-state index contributed by atoms with van der Waals surface area (Å²) in [5.41, 5.74) is 0.133. The van der Waals surface area contributed by atoms with Gasteiger partial charge >= 0.3 is 6.18 Å². The molecule has 1 aliphatic rings. The molecule has 1 aromatic carbocycles. The lowest BCUT2D eigenvalue weighted by Gasteiger charge is -2.36. The third kappa shape index (κ3) is 6.00. The Morgan fingerprint density at radius 3 is 2.32 bits per heavy atom. The summed E-state index contributed by atoms with van der Waals surface area (Å²) in [6, 6.07) is 11.4. The number of halogens is 3. The largest absolute Gasteiger partial charge is 0.434 e. The minimum atomic E-state index is -4.51. The van der Waals surface area contributed by atoms with E-state index >= 15 is 0 Å². The summed E-state index contributed by atoms with van der Waals surface area (Å²) in [6.45, 7) is 3.16. The van der Waals surface area contributed by atoms with E-state index in [1.54, 1.807) is 56.3 Å². The van der Waals surface area contributed by atoms with Crippen molar-refractivity contribution in [2.45, 2.75) is 63.0 Å². The summed E-state index contributed by atoms with van der Waals surface area (Å²) >= 11 is 0. The molecule has 2 N–H and O–H groups in total. The number of amides is 1. The fourth-order valence-electron chi connectivity index (χ4n) is 4.46. The number of hydrogen-bond acceptors (Lipinski definition) is 5. The molecule has 8 nitrogen and oxygen atoms in total. The van der Waals surface area contributed by atoms with Crippen LogP contribution in [0.1, 0.15) is 55.6 Å². The Labute approximate surface area is 213 Å². The fourth-order valence-corrected chi connectivity index (χ4v) is 5.16. The van der Waals surface area contributed by atoms with Crippen LogP contribution in [-0.4, -0.2) is 48.1 Å². The number of aromatic nitrogens is 2. The molecule has 0 unspecified atom stereocenters. The molecule has 1 fully saturated rings. The van der Waals surface area contributed by atoms with Crippen LogP contribution >= 0.6 is 0 Å². The number of sulfonamides is 1. The molecule has 37 heavy (non-hydrogen) atoms. The van der Waals surface area contributed by atoms with E-state index in [1.165, 1.54) is 4.40 Å². The van der Waals surface area contributed by atoms with Crippen LogP contribution in [0.4, 0.5) is 24.7 Å². The smallest absolute Gasteiger partial charge is 0.358 e. The number of carbonyl (C=O) groups is 1. The molecular weight excluding hydrogens is 507 g/mol. The van der Waals surface area contributed by atoms with E-state index in [1.807, 2.05) is 11.9 Å². The molecule has 1 aliphatic carbocycles. The Balaban J connectivity index is 1.35. The molecule has 200 valence electrons. The average molecular weight is 538 g/mol. The Kier molecular flexibility index (Phi) is 7.40. The highest BCUT2D eigenvalue weighted by Gasteiger charge is 2.34. The van der Waals surface area contributed by atoms with Crippen LogP contribution in [0.2, 0.25) is 0 Å². The first-order chi connectivity index (χ1) is 17.3. The van der Waals surface area contributed by atoms with Gasteiger partial charge in [0.05, 0.1) is 5.25 Å². The molecule has 1 saturated carbocycles. The maximum atomic E-state index is 13.1. The van der Waals surface area contributed by atoms with E-state index in [9.17, 15) is 26.4 Å². The first-order valence-electron chi connectivity index (χ1n) is 12.1. The topological polar surface area (TPSA) is 95.8 Å². The van der Waals surface area contributed by atoms with Gasteiger partial charge in [-0.15, -0.1) is 0 Å². The Morgan fingerprint density at radius 2 is 1.73 bits per heavy atom. The lowest BCUT2D eigenvalue weighted by molar-refractivity contribution is -0.140. The zero-order chi connectivity index (χ0) is 27.0. The van der Waals surface area contributed by atoms with E-state index in [-0.39, 0.29) is 23.6 Å². The number of nitrogens with one attached hydrogen (secondary N) is 2. The SMILES string of the molecule is CC(C)S(=O)(=O)Nc1ccc(C(=O)N[C@H]2CC[C@@H](N(C)c3cccc4nc(C(F)(F)F)cn34)CC2)cc1. The first kappa shape index (κ1) is 26.8. The molecule has 2 heterocycles. The van der Waals surface area contributed by atoms with Gasteiger partial charge in [0.2, 0.25) is 10.0 Å². The van der Waals surface area contributed by atoms with Crippen LogP contribution in [-0.2, 0) is 16.2 Å². The van der Waals surface area contributed by atoms with Gasteiger partial charge in [-0.1, -0.05) is 6.07 Å². The second-order valence-corrected chi connectivity index (χ2v) is 11.8. The molecule has 0 saturated heterocycles. The second kappa shape index (κ2) is 10.2. The van der Waals surface area contributed by atoms with Gasteiger partial charge in [-0.3, -0.25) is 13.9 Å². The van der Waals surface area contributed by atoms with Crippen molar-refractivity contribution in [2.75, 3.05) is 16.7 Å². The molecule has 3 aromatic rings. The number of hydrogen-bond donors (Lipinski definition) is 2. The zero-order valence-electron chi connectivity index (χ0n) is 20.8. The maximum absolute atomic E-state index is 13.1. The Hall–Kier alpha value is -3.28. The van der Waals surface area contributed by atoms with Gasteiger partial charge in [0, 0.05) is 36.6 Å². The van der Waals surface area contributed by atoms with Gasteiger partial charge in [0.15, 0.2) is 5.69 Å². The van der Waals surface area contributed by atoms with Crippen molar-refractivity contribution < 1.29 is 26.4 Å². The van der Waals surface area contributed by atoms with Crippen molar-refractivity contribution in [3.05, 3.63) is 59.9 Å². The van der Waals surface area contributed by atoms with Gasteiger partial charge in [0.1, 0.15) is 11.5 Å². The normalized spacial score (nSPS) is 18.7. The molecule has 0 aliphatic heterocycles. The van der Waals surface area contributed by atoms with E-state index in [0.29, 0.717) is 17.1 Å². The maximum Gasteiger partial charge on any atom is 0.434 e. The molecule has 0 radical (unpaired) electrons. The predicted octanol–water partition coefficient (Wildman–Crippen LogP) is 4.68. The quantitative estimate of drug-likeness (QED) is 0.456. The second-order valence-electron chi connectivity index (χ2n) is 9.60. The number of carbonyl (C=O) groups excluding carboxylic acids is 1. The minimum Gasteiger partial charge on any atom is -0.358 e. The number of anilines is 2. The Bertz CT molecular complexity index is 1360. The van der Waals surface area contributed by atoms with Crippen LogP contribution in [0.3, 0.4) is 0 Å². The van der Waals surface area contributed by atoms with Crippen molar-refractivity contribution in [2.24, 2.45) is 0 Å². The number of nitrogens with zero attached hydrogens (tertiary/aromatic N) is 3. The van der Waals surface area contributed by atoms with Crippen LogP contribution in [0.15, 0.2) is 48.7 Å². The van der Waals surface area contributed by atoms with Crippen LogP contribution < -0.4 is 14.9 Å². The highest BCUT2D eigenvalue weighted by molar-refractivity contribution is 7.93. The molecule has 0 bridgehead atoms. The van der Waals surface area contributed by atoms with E-state index in [4.69, 9.17) is 0 Å². The van der Waals surface area contributed by atoms with Crippen molar-refractivity contribution in [3.63, 3.8) is 0 Å². The van der Waals surface area contributed by atoms with Crippen LogP contribution in [0.25, 0.3) is 5.65 Å². The number of rotatable bonds is 7. The molecule has 2 aromatic heterocycles. The molecule has 0 atom stereocenters.